The van der Waals surface area contributed by atoms with Crippen molar-refractivity contribution in [2.45, 2.75) is 12.5 Å². The number of pyridine rings is 1. The smallest absolute Gasteiger partial charge is 0.0933 e. The zero-order chi connectivity index (χ0) is 11.1. The molecule has 0 spiro atoms. The van der Waals surface area contributed by atoms with E-state index in [9.17, 15) is 0 Å². The lowest BCUT2D eigenvalue weighted by molar-refractivity contribution is -0.0862. The number of rotatable bonds is 5. The minimum Gasteiger partial charge on any atom is -0.376 e. The molecule has 0 aliphatic carbocycles. The minimum absolute atomic E-state index is 0.214. The summed E-state index contributed by atoms with van der Waals surface area (Å²) in [5.74, 6) is 0. The van der Waals surface area contributed by atoms with Crippen molar-refractivity contribution in [3.63, 3.8) is 0 Å². The Morgan fingerprint density at radius 2 is 2.19 bits per heavy atom. The molecule has 4 heteroatoms. The molecule has 2 rings (SSSR count). The van der Waals surface area contributed by atoms with Crippen molar-refractivity contribution < 1.29 is 9.47 Å². The summed E-state index contributed by atoms with van der Waals surface area (Å²) in [6, 6.07) is 4.09. The topological polar surface area (TPSA) is 43.4 Å². The summed E-state index contributed by atoms with van der Waals surface area (Å²) in [4.78, 5) is 3.99. The minimum atomic E-state index is 0.214. The fourth-order valence-electron chi connectivity index (χ4n) is 1.70. The van der Waals surface area contributed by atoms with Gasteiger partial charge in [-0.2, -0.15) is 0 Å². The summed E-state index contributed by atoms with van der Waals surface area (Å²) in [6.45, 7) is 3.99. The van der Waals surface area contributed by atoms with Crippen LogP contribution in [0.25, 0.3) is 0 Å². The van der Waals surface area contributed by atoms with Gasteiger partial charge < -0.3 is 14.8 Å². The average Bonchev–Trinajstić information content (AvgIpc) is 2.37. The van der Waals surface area contributed by atoms with Gasteiger partial charge in [-0.05, 0) is 30.7 Å². The van der Waals surface area contributed by atoms with E-state index in [0.29, 0.717) is 6.61 Å². The van der Waals surface area contributed by atoms with E-state index in [4.69, 9.17) is 9.47 Å². The van der Waals surface area contributed by atoms with Crippen molar-refractivity contribution in [3.05, 3.63) is 30.1 Å². The molecule has 1 aliphatic rings. The SMILES string of the molecule is c1cc(CCNCC2COCCO2)ccn1. The van der Waals surface area contributed by atoms with E-state index < -0.39 is 0 Å². The molecule has 0 bridgehead atoms. The highest BCUT2D eigenvalue weighted by Crippen LogP contribution is 1.99. The first-order valence-corrected chi connectivity index (χ1v) is 5.74. The number of aromatic nitrogens is 1. The van der Waals surface area contributed by atoms with Crippen molar-refractivity contribution in [1.29, 1.82) is 0 Å². The molecule has 0 radical (unpaired) electrons. The average molecular weight is 222 g/mol. The molecule has 2 heterocycles. The van der Waals surface area contributed by atoms with Crippen LogP contribution in [0.1, 0.15) is 5.56 Å². The third kappa shape index (κ3) is 3.89. The molecule has 1 fully saturated rings. The van der Waals surface area contributed by atoms with Gasteiger partial charge in [0, 0.05) is 18.9 Å². The highest BCUT2D eigenvalue weighted by atomic mass is 16.6. The fourth-order valence-corrected chi connectivity index (χ4v) is 1.70. The van der Waals surface area contributed by atoms with E-state index in [2.05, 4.69) is 10.3 Å². The van der Waals surface area contributed by atoms with Crippen LogP contribution < -0.4 is 5.32 Å². The summed E-state index contributed by atoms with van der Waals surface area (Å²) in [5.41, 5.74) is 1.31. The zero-order valence-electron chi connectivity index (χ0n) is 9.39. The highest BCUT2D eigenvalue weighted by molar-refractivity contribution is 5.09. The van der Waals surface area contributed by atoms with Gasteiger partial charge in [-0.25, -0.2) is 0 Å². The van der Waals surface area contributed by atoms with E-state index >= 15 is 0 Å². The van der Waals surface area contributed by atoms with Gasteiger partial charge in [0.1, 0.15) is 0 Å². The van der Waals surface area contributed by atoms with Crippen LogP contribution in [0, 0.1) is 0 Å². The Morgan fingerprint density at radius 1 is 1.31 bits per heavy atom. The van der Waals surface area contributed by atoms with Crippen LogP contribution in [0.5, 0.6) is 0 Å². The number of hydrogen-bond acceptors (Lipinski definition) is 4. The van der Waals surface area contributed by atoms with Crippen molar-refractivity contribution in [2.75, 3.05) is 32.9 Å². The maximum absolute atomic E-state index is 5.53. The molecule has 0 aromatic carbocycles. The molecule has 1 aromatic rings. The lowest BCUT2D eigenvalue weighted by atomic mass is 10.2. The molecule has 1 atom stereocenters. The Hall–Kier alpha value is -0.970. The molecule has 88 valence electrons. The van der Waals surface area contributed by atoms with Crippen LogP contribution in [0.3, 0.4) is 0 Å². The van der Waals surface area contributed by atoms with Crippen molar-refractivity contribution in [3.8, 4) is 0 Å². The van der Waals surface area contributed by atoms with Gasteiger partial charge in [0.05, 0.1) is 25.9 Å². The predicted octanol–water partition coefficient (Wildman–Crippen LogP) is 0.629. The maximum atomic E-state index is 5.53. The van der Waals surface area contributed by atoms with Crippen molar-refractivity contribution >= 4 is 0 Å². The van der Waals surface area contributed by atoms with Gasteiger partial charge in [0.2, 0.25) is 0 Å². The van der Waals surface area contributed by atoms with Gasteiger partial charge in [-0.15, -0.1) is 0 Å². The quantitative estimate of drug-likeness (QED) is 0.742. The third-order valence-corrected chi connectivity index (χ3v) is 2.60. The molecule has 16 heavy (non-hydrogen) atoms. The number of nitrogens with zero attached hydrogens (tertiary/aromatic N) is 1. The lowest BCUT2D eigenvalue weighted by Gasteiger charge is -2.23. The van der Waals surface area contributed by atoms with Gasteiger partial charge in [-0.1, -0.05) is 0 Å². The van der Waals surface area contributed by atoms with Crippen LogP contribution in [0.4, 0.5) is 0 Å². The van der Waals surface area contributed by atoms with E-state index in [1.807, 2.05) is 24.5 Å². The highest BCUT2D eigenvalue weighted by Gasteiger charge is 2.12. The van der Waals surface area contributed by atoms with Crippen LogP contribution in [-0.4, -0.2) is 44.0 Å². The standard InChI is InChI=1S/C12H18N2O2/c1-4-13-5-2-11(1)3-6-14-9-12-10-15-7-8-16-12/h1-2,4-5,12,14H,3,6-10H2. The fraction of sp³-hybridized carbons (Fsp3) is 0.583. The normalized spacial score (nSPS) is 20.9. The first-order chi connectivity index (χ1) is 7.95. The van der Waals surface area contributed by atoms with Crippen LogP contribution in [-0.2, 0) is 15.9 Å². The predicted molar refractivity (Wildman–Crippen MR) is 61.4 cm³/mol. The van der Waals surface area contributed by atoms with Crippen molar-refractivity contribution in [1.82, 2.24) is 10.3 Å². The monoisotopic (exact) mass is 222 g/mol. The van der Waals surface area contributed by atoms with E-state index in [-0.39, 0.29) is 6.10 Å². The number of ether oxygens (including phenoxy) is 2. The van der Waals surface area contributed by atoms with Crippen LogP contribution >= 0.6 is 0 Å². The molecular weight excluding hydrogens is 204 g/mol. The van der Waals surface area contributed by atoms with Crippen molar-refractivity contribution in [2.24, 2.45) is 0 Å². The van der Waals surface area contributed by atoms with Crippen LogP contribution in [0.2, 0.25) is 0 Å². The molecular formula is C12H18N2O2. The maximum Gasteiger partial charge on any atom is 0.0933 e. The van der Waals surface area contributed by atoms with Gasteiger partial charge in [0.15, 0.2) is 0 Å². The third-order valence-electron chi connectivity index (χ3n) is 2.60. The van der Waals surface area contributed by atoms with Gasteiger partial charge in [-0.3, -0.25) is 4.98 Å². The molecule has 1 aliphatic heterocycles. The Kier molecular flexibility index (Phi) is 4.73. The second-order valence-corrected chi connectivity index (χ2v) is 3.88. The summed E-state index contributed by atoms with van der Waals surface area (Å²) < 4.78 is 10.9. The Labute approximate surface area is 96.0 Å². The van der Waals surface area contributed by atoms with Gasteiger partial charge >= 0.3 is 0 Å². The Morgan fingerprint density at radius 3 is 2.94 bits per heavy atom. The lowest BCUT2D eigenvalue weighted by Crippen LogP contribution is -2.38. The zero-order valence-corrected chi connectivity index (χ0v) is 9.39. The molecule has 1 N–H and O–H groups in total. The Bertz CT molecular complexity index is 286. The van der Waals surface area contributed by atoms with E-state index in [1.165, 1.54) is 5.56 Å². The first kappa shape index (κ1) is 11.5. The number of hydrogen-bond donors (Lipinski definition) is 1. The van der Waals surface area contributed by atoms with E-state index in [0.717, 1.165) is 32.7 Å². The molecule has 4 nitrogen and oxygen atoms in total. The van der Waals surface area contributed by atoms with E-state index in [1.54, 1.807) is 0 Å². The van der Waals surface area contributed by atoms with Gasteiger partial charge in [0.25, 0.3) is 0 Å². The second-order valence-electron chi connectivity index (χ2n) is 3.88. The molecule has 1 saturated heterocycles. The first-order valence-electron chi connectivity index (χ1n) is 5.74. The largest absolute Gasteiger partial charge is 0.376 e. The molecule has 0 amide bonds. The summed E-state index contributed by atoms with van der Waals surface area (Å²) in [5, 5.41) is 3.38. The molecule has 1 aromatic heterocycles. The summed E-state index contributed by atoms with van der Waals surface area (Å²) in [7, 11) is 0. The second kappa shape index (κ2) is 6.58. The summed E-state index contributed by atoms with van der Waals surface area (Å²) >= 11 is 0. The Balaban J connectivity index is 1.58. The molecule has 0 saturated carbocycles. The summed E-state index contributed by atoms with van der Waals surface area (Å²) in [6.07, 6.45) is 4.89. The molecule has 1 unspecified atom stereocenters. The van der Waals surface area contributed by atoms with Crippen LogP contribution in [0.15, 0.2) is 24.5 Å². The number of nitrogens with one attached hydrogen (secondary N) is 1.